The summed E-state index contributed by atoms with van der Waals surface area (Å²) in [5.74, 6) is -0.280. The van der Waals surface area contributed by atoms with Crippen LogP contribution in [-0.2, 0) is 9.59 Å². The van der Waals surface area contributed by atoms with Crippen LogP contribution >= 0.6 is 0 Å². The minimum atomic E-state index is -0.256. The van der Waals surface area contributed by atoms with E-state index in [0.717, 1.165) is 22.4 Å². The van der Waals surface area contributed by atoms with Crippen molar-refractivity contribution in [1.29, 1.82) is 0 Å². The van der Waals surface area contributed by atoms with Gasteiger partial charge in [0.25, 0.3) is 0 Å². The van der Waals surface area contributed by atoms with Crippen LogP contribution in [0.25, 0.3) is 0 Å². The van der Waals surface area contributed by atoms with E-state index in [-0.39, 0.29) is 24.4 Å². The number of anilines is 1. The number of fused-ring (bicyclic) bond motifs is 1. The number of benzene rings is 2. The average Bonchev–Trinajstić information content (AvgIpc) is 2.63. The van der Waals surface area contributed by atoms with Gasteiger partial charge in [0.05, 0.1) is 6.04 Å². The van der Waals surface area contributed by atoms with Crippen molar-refractivity contribution < 1.29 is 9.59 Å². The first-order valence-electron chi connectivity index (χ1n) is 7.29. The van der Waals surface area contributed by atoms with Crippen LogP contribution in [-0.4, -0.2) is 23.3 Å². The molecule has 0 bridgehead atoms. The first kappa shape index (κ1) is 14.3. The third kappa shape index (κ3) is 2.60. The Bertz CT molecular complexity index is 725. The largest absolute Gasteiger partial charge is 0.324 e. The fourth-order valence-electron chi connectivity index (χ4n) is 2.91. The number of hydrogen-bond acceptors (Lipinski definition) is 2. The summed E-state index contributed by atoms with van der Waals surface area (Å²) >= 11 is 0. The highest BCUT2D eigenvalue weighted by Gasteiger charge is 2.31. The Hall–Kier alpha value is -2.62. The van der Waals surface area contributed by atoms with Crippen molar-refractivity contribution in [2.45, 2.75) is 19.9 Å². The maximum Gasteiger partial charge on any atom is 0.244 e. The van der Waals surface area contributed by atoms with Gasteiger partial charge in [0.2, 0.25) is 11.8 Å². The number of nitrogens with zero attached hydrogens (tertiary/aromatic N) is 1. The molecule has 4 heteroatoms. The van der Waals surface area contributed by atoms with E-state index in [2.05, 4.69) is 5.32 Å². The lowest BCUT2D eigenvalue weighted by molar-refractivity contribution is -0.134. The van der Waals surface area contributed by atoms with Crippen LogP contribution in [0.2, 0.25) is 0 Å². The van der Waals surface area contributed by atoms with E-state index >= 15 is 0 Å². The molecule has 2 aromatic carbocycles. The number of hydrogen-bond donors (Lipinski definition) is 1. The van der Waals surface area contributed by atoms with Crippen LogP contribution < -0.4 is 5.32 Å². The molecule has 0 spiro atoms. The molecule has 3 rings (SSSR count). The molecule has 0 radical (unpaired) electrons. The number of nitrogens with one attached hydrogen (secondary N) is 1. The molecule has 1 atom stereocenters. The summed E-state index contributed by atoms with van der Waals surface area (Å²) in [6, 6.07) is 15.5. The second-order valence-corrected chi connectivity index (χ2v) is 5.60. The molecule has 0 aliphatic carbocycles. The van der Waals surface area contributed by atoms with Crippen molar-refractivity contribution in [2.24, 2.45) is 0 Å². The zero-order valence-corrected chi connectivity index (χ0v) is 12.7. The minimum absolute atomic E-state index is 0.0582. The van der Waals surface area contributed by atoms with Crippen LogP contribution in [0.3, 0.4) is 0 Å². The topological polar surface area (TPSA) is 49.4 Å². The summed E-state index contributed by atoms with van der Waals surface area (Å²) in [7, 11) is 0. The lowest BCUT2D eigenvalue weighted by atomic mass is 9.95. The van der Waals surface area contributed by atoms with E-state index in [0.29, 0.717) is 0 Å². The van der Waals surface area contributed by atoms with E-state index in [9.17, 15) is 9.59 Å². The molecule has 1 aliphatic rings. The Morgan fingerprint density at radius 2 is 1.91 bits per heavy atom. The van der Waals surface area contributed by atoms with Gasteiger partial charge in [0, 0.05) is 18.2 Å². The summed E-state index contributed by atoms with van der Waals surface area (Å²) in [5, 5.41) is 2.91. The second-order valence-electron chi connectivity index (χ2n) is 5.60. The summed E-state index contributed by atoms with van der Waals surface area (Å²) in [6.45, 7) is 3.54. The lowest BCUT2D eigenvalue weighted by Crippen LogP contribution is -2.37. The third-order valence-electron chi connectivity index (χ3n) is 3.92. The molecule has 1 N–H and O–H groups in total. The number of carbonyl (C=O) groups is 2. The average molecular weight is 294 g/mol. The standard InChI is InChI=1S/C18H18N2O2/c1-12-8-9-15-16(10-12)19-17(22)11-20(13(2)21)18(15)14-6-4-3-5-7-14/h3-10,18H,11H2,1-2H3,(H,19,22). The van der Waals surface area contributed by atoms with Crippen molar-refractivity contribution in [2.75, 3.05) is 11.9 Å². The number of rotatable bonds is 1. The Morgan fingerprint density at radius 3 is 2.59 bits per heavy atom. The molecule has 2 aromatic rings. The minimum Gasteiger partial charge on any atom is -0.324 e. The van der Waals surface area contributed by atoms with Crippen molar-refractivity contribution in [3.8, 4) is 0 Å². The predicted octanol–water partition coefficient (Wildman–Crippen LogP) is 2.89. The Labute approximate surface area is 129 Å². The molecule has 2 amide bonds. The first-order chi connectivity index (χ1) is 10.6. The number of amides is 2. The van der Waals surface area contributed by atoms with Gasteiger partial charge < -0.3 is 10.2 Å². The SMILES string of the molecule is CC(=O)N1CC(=O)Nc2cc(C)ccc2C1c1ccccc1. The molecular weight excluding hydrogens is 276 g/mol. The summed E-state index contributed by atoms with van der Waals surface area (Å²) in [6.07, 6.45) is 0. The monoisotopic (exact) mass is 294 g/mol. The summed E-state index contributed by atoms with van der Waals surface area (Å²) in [5.41, 5.74) is 3.79. The molecule has 1 heterocycles. The predicted molar refractivity (Wildman–Crippen MR) is 85.5 cm³/mol. The summed E-state index contributed by atoms with van der Waals surface area (Å²) < 4.78 is 0. The van der Waals surface area contributed by atoms with Gasteiger partial charge in [-0.25, -0.2) is 0 Å². The van der Waals surface area contributed by atoms with Crippen LogP contribution in [0, 0.1) is 6.92 Å². The fraction of sp³-hybridized carbons (Fsp3) is 0.222. The normalized spacial score (nSPS) is 17.5. The Morgan fingerprint density at radius 1 is 1.18 bits per heavy atom. The van der Waals surface area contributed by atoms with Gasteiger partial charge in [-0.3, -0.25) is 9.59 Å². The molecule has 0 saturated carbocycles. The van der Waals surface area contributed by atoms with Crippen molar-refractivity contribution >= 4 is 17.5 Å². The molecule has 0 fully saturated rings. The number of aryl methyl sites for hydroxylation is 1. The van der Waals surface area contributed by atoms with Gasteiger partial charge in [-0.05, 0) is 24.1 Å². The molecule has 0 aromatic heterocycles. The molecule has 0 saturated heterocycles. The molecule has 4 nitrogen and oxygen atoms in total. The van der Waals surface area contributed by atoms with Crippen molar-refractivity contribution in [3.05, 3.63) is 65.2 Å². The zero-order valence-electron chi connectivity index (χ0n) is 12.7. The quantitative estimate of drug-likeness (QED) is 0.879. The van der Waals surface area contributed by atoms with Crippen LogP contribution in [0.15, 0.2) is 48.5 Å². The third-order valence-corrected chi connectivity index (χ3v) is 3.92. The highest BCUT2D eigenvalue weighted by molar-refractivity contribution is 5.96. The van der Waals surface area contributed by atoms with E-state index < -0.39 is 0 Å². The lowest BCUT2D eigenvalue weighted by Gasteiger charge is -2.29. The Kier molecular flexibility index (Phi) is 3.67. The molecular formula is C18H18N2O2. The molecule has 1 unspecified atom stereocenters. The Balaban J connectivity index is 2.21. The van der Waals surface area contributed by atoms with Crippen LogP contribution in [0.1, 0.15) is 29.7 Å². The smallest absolute Gasteiger partial charge is 0.244 e. The van der Waals surface area contributed by atoms with E-state index in [1.54, 1.807) is 4.90 Å². The molecule has 112 valence electrons. The maximum absolute atomic E-state index is 12.1. The van der Waals surface area contributed by atoms with Gasteiger partial charge in [0.1, 0.15) is 6.54 Å². The van der Waals surface area contributed by atoms with Gasteiger partial charge >= 0.3 is 0 Å². The first-order valence-corrected chi connectivity index (χ1v) is 7.29. The van der Waals surface area contributed by atoms with E-state index in [1.165, 1.54) is 6.92 Å². The fourth-order valence-corrected chi connectivity index (χ4v) is 2.91. The maximum atomic E-state index is 12.1. The van der Waals surface area contributed by atoms with Crippen molar-refractivity contribution in [1.82, 2.24) is 4.90 Å². The van der Waals surface area contributed by atoms with Gasteiger partial charge in [-0.2, -0.15) is 0 Å². The van der Waals surface area contributed by atoms with E-state index in [4.69, 9.17) is 0 Å². The van der Waals surface area contributed by atoms with Crippen LogP contribution in [0.4, 0.5) is 5.69 Å². The summed E-state index contributed by atoms with van der Waals surface area (Å²) in [4.78, 5) is 25.9. The highest BCUT2D eigenvalue weighted by Crippen LogP contribution is 2.36. The van der Waals surface area contributed by atoms with E-state index in [1.807, 2.05) is 55.5 Å². The highest BCUT2D eigenvalue weighted by atomic mass is 16.2. The van der Waals surface area contributed by atoms with Gasteiger partial charge in [-0.15, -0.1) is 0 Å². The van der Waals surface area contributed by atoms with Crippen molar-refractivity contribution in [3.63, 3.8) is 0 Å². The van der Waals surface area contributed by atoms with Crippen LogP contribution in [0.5, 0.6) is 0 Å². The van der Waals surface area contributed by atoms with Gasteiger partial charge in [-0.1, -0.05) is 42.5 Å². The van der Waals surface area contributed by atoms with Gasteiger partial charge in [0.15, 0.2) is 0 Å². The number of carbonyl (C=O) groups excluding carboxylic acids is 2. The molecule has 22 heavy (non-hydrogen) atoms. The molecule has 1 aliphatic heterocycles. The zero-order chi connectivity index (χ0) is 15.7. The second kappa shape index (κ2) is 5.64.